The van der Waals surface area contributed by atoms with Crippen LogP contribution in [0.3, 0.4) is 0 Å². The number of hydrogen-bond acceptors (Lipinski definition) is 4. The number of fused-ring (bicyclic) bond motifs is 3. The Hall–Kier alpha value is -3.05. The lowest BCUT2D eigenvalue weighted by Crippen LogP contribution is -2.29. The lowest BCUT2D eigenvalue weighted by atomic mass is 9.97. The number of benzene rings is 2. The van der Waals surface area contributed by atoms with E-state index in [-0.39, 0.29) is 17.9 Å². The maximum Gasteiger partial charge on any atom is 0.262 e. The molecule has 150 valence electrons. The van der Waals surface area contributed by atoms with Crippen LogP contribution in [0.4, 0.5) is 0 Å². The molecule has 0 aliphatic heterocycles. The molecule has 0 unspecified atom stereocenters. The van der Waals surface area contributed by atoms with Gasteiger partial charge < -0.3 is 0 Å². The molecule has 0 N–H and O–H groups in total. The highest BCUT2D eigenvalue weighted by molar-refractivity contribution is 7.18. The van der Waals surface area contributed by atoms with Crippen molar-refractivity contribution in [1.82, 2.24) is 9.55 Å². The van der Waals surface area contributed by atoms with Crippen LogP contribution in [-0.2, 0) is 25.8 Å². The smallest absolute Gasteiger partial charge is 0.262 e. The number of nitrogens with zero attached hydrogens (tertiary/aromatic N) is 2. The van der Waals surface area contributed by atoms with Crippen molar-refractivity contribution >= 4 is 27.3 Å². The van der Waals surface area contributed by atoms with Gasteiger partial charge >= 0.3 is 0 Å². The van der Waals surface area contributed by atoms with Crippen LogP contribution in [0.5, 0.6) is 0 Å². The van der Waals surface area contributed by atoms with Gasteiger partial charge in [-0.15, -0.1) is 11.3 Å². The van der Waals surface area contributed by atoms with E-state index in [1.54, 1.807) is 28.0 Å². The molecule has 1 aliphatic rings. The molecule has 0 saturated heterocycles. The fraction of sp³-hybridized carbons (Fsp3) is 0.240. The third-order valence-electron chi connectivity index (χ3n) is 5.76. The molecule has 2 heterocycles. The van der Waals surface area contributed by atoms with E-state index in [1.165, 1.54) is 4.88 Å². The fourth-order valence-electron chi connectivity index (χ4n) is 4.22. The quantitative estimate of drug-likeness (QED) is 0.440. The maximum atomic E-state index is 13.6. The van der Waals surface area contributed by atoms with Gasteiger partial charge in [-0.25, -0.2) is 4.98 Å². The monoisotopic (exact) mass is 414 g/mol. The number of carbonyl (C=O) groups is 1. The molecule has 0 saturated carbocycles. The van der Waals surface area contributed by atoms with E-state index in [4.69, 9.17) is 4.98 Å². The van der Waals surface area contributed by atoms with Crippen molar-refractivity contribution < 1.29 is 4.79 Å². The zero-order chi connectivity index (χ0) is 20.5. The Morgan fingerprint density at radius 1 is 0.967 bits per heavy atom. The molecule has 0 spiro atoms. The third-order valence-corrected chi connectivity index (χ3v) is 6.94. The van der Waals surface area contributed by atoms with E-state index in [1.807, 2.05) is 48.5 Å². The van der Waals surface area contributed by atoms with Crippen molar-refractivity contribution in [1.29, 1.82) is 0 Å². The van der Waals surface area contributed by atoms with Crippen molar-refractivity contribution in [2.75, 3.05) is 0 Å². The highest BCUT2D eigenvalue weighted by Crippen LogP contribution is 2.34. The molecule has 2 aromatic carbocycles. The molecule has 0 fully saturated rings. The third kappa shape index (κ3) is 3.50. The standard InChI is InChI=1S/C25H22N2O2S/c28-20(18-11-5-2-6-12-18)16-27-22(15-17-9-3-1-4-10-17)26-24-23(25(27)29)19-13-7-8-14-21(19)30-24/h1-6,9-12H,7-8,13-16H2. The average molecular weight is 415 g/mol. The number of aromatic nitrogens is 2. The average Bonchev–Trinajstić information content (AvgIpc) is 3.16. The van der Waals surface area contributed by atoms with Crippen molar-refractivity contribution in [2.45, 2.75) is 38.6 Å². The normalized spacial score (nSPS) is 13.3. The second-order valence-electron chi connectivity index (χ2n) is 7.76. The second kappa shape index (κ2) is 8.00. The van der Waals surface area contributed by atoms with Gasteiger partial charge in [0.1, 0.15) is 10.7 Å². The molecule has 2 aromatic heterocycles. The van der Waals surface area contributed by atoms with Crippen LogP contribution in [0.25, 0.3) is 10.2 Å². The van der Waals surface area contributed by atoms with Gasteiger partial charge in [-0.05, 0) is 36.8 Å². The SMILES string of the molecule is O=C(Cn1c(Cc2ccccc2)nc2sc3c(c2c1=O)CCCC3)c1ccccc1. The first-order chi connectivity index (χ1) is 14.7. The number of hydrogen-bond donors (Lipinski definition) is 0. The molecule has 4 aromatic rings. The molecule has 30 heavy (non-hydrogen) atoms. The van der Waals surface area contributed by atoms with Gasteiger partial charge in [0.2, 0.25) is 0 Å². The molecule has 1 aliphatic carbocycles. The first-order valence-corrected chi connectivity index (χ1v) is 11.2. The predicted molar refractivity (Wildman–Crippen MR) is 121 cm³/mol. The van der Waals surface area contributed by atoms with Crippen LogP contribution in [0.1, 0.15) is 45.0 Å². The Kier molecular flexibility index (Phi) is 5.05. The molecule has 5 heteroatoms. The Morgan fingerprint density at radius 3 is 2.43 bits per heavy atom. The van der Waals surface area contributed by atoms with Gasteiger partial charge in [0, 0.05) is 16.9 Å². The minimum Gasteiger partial charge on any atom is -0.292 e. The zero-order valence-electron chi connectivity index (χ0n) is 16.6. The summed E-state index contributed by atoms with van der Waals surface area (Å²) in [5.74, 6) is 0.582. The molecular formula is C25H22N2O2S. The summed E-state index contributed by atoms with van der Waals surface area (Å²) in [6.45, 7) is 0.0125. The van der Waals surface area contributed by atoms with Gasteiger partial charge in [0.05, 0.1) is 11.9 Å². The van der Waals surface area contributed by atoms with Crippen molar-refractivity contribution in [2.24, 2.45) is 0 Å². The molecule has 5 rings (SSSR count). The largest absolute Gasteiger partial charge is 0.292 e. The first kappa shape index (κ1) is 18.9. The summed E-state index contributed by atoms with van der Waals surface area (Å²) in [4.78, 5) is 33.6. The number of rotatable bonds is 5. The molecular weight excluding hydrogens is 392 g/mol. The Morgan fingerprint density at radius 2 is 1.67 bits per heavy atom. The van der Waals surface area contributed by atoms with Gasteiger partial charge in [-0.2, -0.15) is 0 Å². The molecule has 4 nitrogen and oxygen atoms in total. The van der Waals surface area contributed by atoms with Crippen LogP contribution in [-0.4, -0.2) is 15.3 Å². The summed E-state index contributed by atoms with van der Waals surface area (Å²) in [5.41, 5.74) is 2.77. The number of ketones is 1. The minimum atomic E-state index is -0.0744. The maximum absolute atomic E-state index is 13.6. The Balaban J connectivity index is 1.65. The summed E-state index contributed by atoms with van der Waals surface area (Å²) in [7, 11) is 0. The van der Waals surface area contributed by atoms with Crippen LogP contribution in [0.15, 0.2) is 65.5 Å². The first-order valence-electron chi connectivity index (χ1n) is 10.4. The van der Waals surface area contributed by atoms with E-state index in [0.717, 1.165) is 47.0 Å². The van der Waals surface area contributed by atoms with Crippen molar-refractivity contribution in [3.05, 3.63) is 98.4 Å². The topological polar surface area (TPSA) is 52.0 Å². The second-order valence-corrected chi connectivity index (χ2v) is 8.85. The minimum absolute atomic E-state index is 0.0125. The van der Waals surface area contributed by atoms with Crippen LogP contribution in [0, 0.1) is 0 Å². The molecule has 0 bridgehead atoms. The summed E-state index contributed by atoms with van der Waals surface area (Å²) >= 11 is 1.65. The highest BCUT2D eigenvalue weighted by Gasteiger charge is 2.23. The van der Waals surface area contributed by atoms with Crippen LogP contribution in [0.2, 0.25) is 0 Å². The van der Waals surface area contributed by atoms with Crippen LogP contribution < -0.4 is 5.56 Å². The fourth-order valence-corrected chi connectivity index (χ4v) is 5.49. The van der Waals surface area contributed by atoms with E-state index in [2.05, 4.69) is 0 Å². The van der Waals surface area contributed by atoms with Crippen molar-refractivity contribution in [3.63, 3.8) is 0 Å². The Bertz CT molecular complexity index is 1270. The van der Waals surface area contributed by atoms with E-state index < -0.39 is 0 Å². The van der Waals surface area contributed by atoms with Gasteiger partial charge in [0.15, 0.2) is 5.78 Å². The highest BCUT2D eigenvalue weighted by atomic mass is 32.1. The zero-order valence-corrected chi connectivity index (χ0v) is 17.5. The van der Waals surface area contributed by atoms with Gasteiger partial charge in [-0.1, -0.05) is 60.7 Å². The molecule has 0 atom stereocenters. The number of carbonyl (C=O) groups excluding carboxylic acids is 1. The van der Waals surface area contributed by atoms with Gasteiger partial charge in [0.25, 0.3) is 5.56 Å². The Labute approximate surface area is 178 Å². The van der Waals surface area contributed by atoms with E-state index in [9.17, 15) is 9.59 Å². The lowest BCUT2D eigenvalue weighted by Gasteiger charge is -2.14. The number of Topliss-reactive ketones (excluding diaryl/α,β-unsaturated/α-hetero) is 1. The summed E-state index contributed by atoms with van der Waals surface area (Å²) < 4.78 is 1.60. The van der Waals surface area contributed by atoms with Crippen LogP contribution >= 0.6 is 11.3 Å². The summed E-state index contributed by atoms with van der Waals surface area (Å²) in [5, 5.41) is 0.729. The summed E-state index contributed by atoms with van der Waals surface area (Å²) in [6, 6.07) is 19.2. The summed E-state index contributed by atoms with van der Waals surface area (Å²) in [6.07, 6.45) is 4.74. The molecule has 0 radical (unpaired) electrons. The molecule has 0 amide bonds. The number of aryl methyl sites for hydroxylation is 2. The van der Waals surface area contributed by atoms with E-state index >= 15 is 0 Å². The lowest BCUT2D eigenvalue weighted by molar-refractivity contribution is 0.0969. The van der Waals surface area contributed by atoms with E-state index in [0.29, 0.717) is 17.8 Å². The van der Waals surface area contributed by atoms with Crippen molar-refractivity contribution in [3.8, 4) is 0 Å². The van der Waals surface area contributed by atoms with Gasteiger partial charge in [-0.3, -0.25) is 14.2 Å². The number of thiophene rings is 1. The predicted octanol–water partition coefficient (Wildman–Crippen LogP) is 4.81.